The Morgan fingerprint density at radius 3 is 2.10 bits per heavy atom. The molecular formula is C14H11F2N3S. The zero-order valence-electron chi connectivity index (χ0n) is 10.3. The van der Waals surface area contributed by atoms with Crippen LogP contribution in [-0.4, -0.2) is 11.3 Å². The van der Waals surface area contributed by atoms with Crippen LogP contribution in [0.15, 0.2) is 53.6 Å². The fourth-order valence-corrected chi connectivity index (χ4v) is 1.58. The van der Waals surface area contributed by atoms with E-state index in [9.17, 15) is 8.78 Å². The largest absolute Gasteiger partial charge is 0.331 e. The van der Waals surface area contributed by atoms with E-state index >= 15 is 0 Å². The molecule has 6 heteroatoms. The number of halogens is 2. The van der Waals surface area contributed by atoms with Crippen LogP contribution < -0.4 is 10.7 Å². The number of hydrogen-bond donors (Lipinski definition) is 2. The summed E-state index contributed by atoms with van der Waals surface area (Å²) in [6.07, 6.45) is 1.51. The lowest BCUT2D eigenvalue weighted by molar-refractivity contribution is 0.627. The van der Waals surface area contributed by atoms with E-state index in [4.69, 9.17) is 12.2 Å². The third-order valence-corrected chi connectivity index (χ3v) is 2.55. The van der Waals surface area contributed by atoms with E-state index in [1.165, 1.54) is 30.5 Å². The summed E-state index contributed by atoms with van der Waals surface area (Å²) in [5.41, 5.74) is 4.00. The molecule has 0 radical (unpaired) electrons. The summed E-state index contributed by atoms with van der Waals surface area (Å²) >= 11 is 5.02. The maximum atomic E-state index is 12.7. The molecule has 0 atom stereocenters. The molecule has 0 bridgehead atoms. The highest BCUT2D eigenvalue weighted by Gasteiger charge is 1.96. The molecule has 0 aromatic heterocycles. The lowest BCUT2D eigenvalue weighted by Crippen LogP contribution is -2.23. The second-order valence-electron chi connectivity index (χ2n) is 3.88. The second kappa shape index (κ2) is 6.72. The third-order valence-electron chi connectivity index (χ3n) is 2.35. The quantitative estimate of drug-likeness (QED) is 0.517. The second-order valence-corrected chi connectivity index (χ2v) is 4.29. The molecule has 0 amide bonds. The van der Waals surface area contributed by atoms with Crippen LogP contribution in [0.5, 0.6) is 0 Å². The van der Waals surface area contributed by atoms with Gasteiger partial charge in [-0.25, -0.2) is 8.78 Å². The Morgan fingerprint density at radius 2 is 1.50 bits per heavy atom. The Labute approximate surface area is 120 Å². The highest BCUT2D eigenvalue weighted by molar-refractivity contribution is 7.80. The highest BCUT2D eigenvalue weighted by atomic mass is 32.1. The topological polar surface area (TPSA) is 36.4 Å². The molecule has 0 heterocycles. The van der Waals surface area contributed by atoms with Crippen molar-refractivity contribution in [2.45, 2.75) is 0 Å². The summed E-state index contributed by atoms with van der Waals surface area (Å²) < 4.78 is 25.4. The standard InChI is InChI=1S/C14H11F2N3S/c15-11-3-1-10(2-4-11)9-17-19-14(20)18-13-7-5-12(16)6-8-13/h1-9H,(H2,18,19,20)/b17-9+. The lowest BCUT2D eigenvalue weighted by Gasteiger charge is -2.06. The molecule has 102 valence electrons. The lowest BCUT2D eigenvalue weighted by atomic mass is 10.2. The Balaban J connectivity index is 1.85. The van der Waals surface area contributed by atoms with Gasteiger partial charge in [-0.05, 0) is 54.2 Å². The van der Waals surface area contributed by atoms with Crippen molar-refractivity contribution in [1.82, 2.24) is 5.43 Å². The summed E-state index contributed by atoms with van der Waals surface area (Å²) in [5, 5.41) is 7.03. The average molecular weight is 291 g/mol. The number of nitrogens with zero attached hydrogens (tertiary/aromatic N) is 1. The van der Waals surface area contributed by atoms with Gasteiger partial charge in [-0.15, -0.1) is 0 Å². The first-order valence-electron chi connectivity index (χ1n) is 5.75. The molecule has 2 N–H and O–H groups in total. The Hall–Kier alpha value is -2.34. The molecule has 0 spiro atoms. The van der Waals surface area contributed by atoms with Crippen molar-refractivity contribution in [3.63, 3.8) is 0 Å². The van der Waals surface area contributed by atoms with Crippen molar-refractivity contribution in [1.29, 1.82) is 0 Å². The summed E-state index contributed by atoms with van der Waals surface area (Å²) in [5.74, 6) is -0.618. The van der Waals surface area contributed by atoms with Crippen molar-refractivity contribution in [3.05, 3.63) is 65.7 Å². The molecule has 0 saturated heterocycles. The monoisotopic (exact) mass is 291 g/mol. The Morgan fingerprint density at radius 1 is 0.950 bits per heavy atom. The van der Waals surface area contributed by atoms with Crippen LogP contribution in [0, 0.1) is 11.6 Å². The van der Waals surface area contributed by atoms with Gasteiger partial charge in [0.25, 0.3) is 0 Å². The summed E-state index contributed by atoms with van der Waals surface area (Å²) in [6.45, 7) is 0. The van der Waals surface area contributed by atoms with E-state index < -0.39 is 0 Å². The molecule has 0 aliphatic carbocycles. The van der Waals surface area contributed by atoms with Gasteiger partial charge in [-0.3, -0.25) is 5.43 Å². The van der Waals surface area contributed by atoms with Crippen LogP contribution in [0.1, 0.15) is 5.56 Å². The summed E-state index contributed by atoms with van der Waals surface area (Å²) in [4.78, 5) is 0. The fraction of sp³-hybridized carbons (Fsp3) is 0. The number of thiocarbonyl (C=S) groups is 1. The maximum absolute atomic E-state index is 12.7. The Bertz CT molecular complexity index is 609. The summed E-state index contributed by atoms with van der Waals surface area (Å²) in [6, 6.07) is 11.7. The van der Waals surface area contributed by atoms with E-state index in [0.717, 1.165) is 5.56 Å². The number of hydrazone groups is 1. The van der Waals surface area contributed by atoms with Crippen LogP contribution in [0.2, 0.25) is 0 Å². The van der Waals surface area contributed by atoms with E-state index in [2.05, 4.69) is 15.8 Å². The molecule has 0 aliphatic rings. The van der Waals surface area contributed by atoms with Gasteiger partial charge in [-0.1, -0.05) is 12.1 Å². The van der Waals surface area contributed by atoms with Crippen molar-refractivity contribution in [2.24, 2.45) is 5.10 Å². The number of benzene rings is 2. The average Bonchev–Trinajstić information content (AvgIpc) is 2.44. The molecule has 2 aromatic rings. The van der Waals surface area contributed by atoms with Gasteiger partial charge >= 0.3 is 0 Å². The molecule has 3 nitrogen and oxygen atoms in total. The molecule has 2 aromatic carbocycles. The number of anilines is 1. The van der Waals surface area contributed by atoms with Gasteiger partial charge in [0.05, 0.1) is 6.21 Å². The van der Waals surface area contributed by atoms with Gasteiger partial charge in [-0.2, -0.15) is 5.10 Å². The Kier molecular flexibility index (Phi) is 4.73. The zero-order chi connectivity index (χ0) is 14.4. The fourth-order valence-electron chi connectivity index (χ4n) is 1.41. The minimum atomic E-state index is -0.316. The van der Waals surface area contributed by atoms with Crippen LogP contribution in [-0.2, 0) is 0 Å². The van der Waals surface area contributed by atoms with Crippen molar-refractivity contribution >= 4 is 29.2 Å². The number of rotatable bonds is 3. The van der Waals surface area contributed by atoms with Gasteiger partial charge < -0.3 is 5.32 Å². The van der Waals surface area contributed by atoms with Gasteiger partial charge in [0.15, 0.2) is 5.11 Å². The van der Waals surface area contributed by atoms with E-state index in [1.54, 1.807) is 24.3 Å². The smallest absolute Gasteiger partial charge is 0.191 e. The van der Waals surface area contributed by atoms with E-state index in [-0.39, 0.29) is 16.7 Å². The van der Waals surface area contributed by atoms with Gasteiger partial charge in [0.2, 0.25) is 0 Å². The normalized spacial score (nSPS) is 10.5. The molecule has 0 saturated carbocycles. The molecule has 0 unspecified atom stereocenters. The predicted octanol–water partition coefficient (Wildman–Crippen LogP) is 3.29. The van der Waals surface area contributed by atoms with Gasteiger partial charge in [0.1, 0.15) is 11.6 Å². The third kappa shape index (κ3) is 4.40. The number of nitrogens with one attached hydrogen (secondary N) is 2. The van der Waals surface area contributed by atoms with Crippen molar-refractivity contribution in [2.75, 3.05) is 5.32 Å². The zero-order valence-corrected chi connectivity index (χ0v) is 11.1. The molecule has 0 aliphatic heterocycles. The van der Waals surface area contributed by atoms with Crippen molar-refractivity contribution < 1.29 is 8.78 Å². The first-order chi connectivity index (χ1) is 9.63. The molecule has 20 heavy (non-hydrogen) atoms. The van der Waals surface area contributed by atoms with Crippen molar-refractivity contribution in [3.8, 4) is 0 Å². The van der Waals surface area contributed by atoms with E-state index in [0.29, 0.717) is 5.69 Å². The van der Waals surface area contributed by atoms with Crippen LogP contribution in [0.4, 0.5) is 14.5 Å². The predicted molar refractivity (Wildman–Crippen MR) is 79.8 cm³/mol. The SMILES string of the molecule is Fc1ccc(/C=N/NC(=S)Nc2ccc(F)cc2)cc1. The first kappa shape index (κ1) is 14.1. The molecule has 0 fully saturated rings. The van der Waals surface area contributed by atoms with E-state index in [1.807, 2.05) is 0 Å². The van der Waals surface area contributed by atoms with Gasteiger partial charge in [0, 0.05) is 5.69 Å². The van der Waals surface area contributed by atoms with Crippen LogP contribution in [0.3, 0.4) is 0 Å². The first-order valence-corrected chi connectivity index (χ1v) is 6.15. The number of hydrogen-bond acceptors (Lipinski definition) is 2. The molecule has 2 rings (SSSR count). The van der Waals surface area contributed by atoms with Crippen LogP contribution in [0.25, 0.3) is 0 Å². The highest BCUT2D eigenvalue weighted by Crippen LogP contribution is 2.07. The minimum Gasteiger partial charge on any atom is -0.331 e. The minimum absolute atomic E-state index is 0.273. The molecular weight excluding hydrogens is 280 g/mol. The van der Waals surface area contributed by atoms with Crippen LogP contribution >= 0.6 is 12.2 Å². The summed E-state index contributed by atoms with van der Waals surface area (Å²) in [7, 11) is 0. The maximum Gasteiger partial charge on any atom is 0.191 e.